The molecule has 0 aliphatic carbocycles. The smallest absolute Gasteiger partial charge is 0.138 e. The van der Waals surface area contributed by atoms with Crippen LogP contribution >= 0.6 is 0 Å². The molecule has 4 heteroatoms. The zero-order valence-electron chi connectivity index (χ0n) is 9.16. The normalized spacial score (nSPS) is 10.7. The van der Waals surface area contributed by atoms with Gasteiger partial charge in [0.15, 0.2) is 0 Å². The van der Waals surface area contributed by atoms with E-state index in [1.54, 1.807) is 6.33 Å². The molecule has 0 amide bonds. The van der Waals surface area contributed by atoms with Crippen LogP contribution in [0.5, 0.6) is 0 Å². The van der Waals surface area contributed by atoms with Crippen LogP contribution in [0.15, 0.2) is 6.33 Å². The summed E-state index contributed by atoms with van der Waals surface area (Å²) < 4.78 is 1.97. The fourth-order valence-corrected chi connectivity index (χ4v) is 1.46. The van der Waals surface area contributed by atoms with Crippen LogP contribution in [0.4, 0.5) is 0 Å². The van der Waals surface area contributed by atoms with E-state index in [4.69, 9.17) is 0 Å². The predicted octanol–water partition coefficient (Wildman–Crippen LogP) is 1.23. The lowest BCUT2D eigenvalue weighted by Gasteiger charge is -2.03. The van der Waals surface area contributed by atoms with E-state index >= 15 is 0 Å². The lowest BCUT2D eigenvalue weighted by molar-refractivity contribution is 0.580. The van der Waals surface area contributed by atoms with Gasteiger partial charge in [-0.1, -0.05) is 6.92 Å². The van der Waals surface area contributed by atoms with E-state index in [0.29, 0.717) is 0 Å². The summed E-state index contributed by atoms with van der Waals surface area (Å²) in [5.74, 6) is 1.11. The van der Waals surface area contributed by atoms with Crippen molar-refractivity contribution in [1.29, 1.82) is 0 Å². The third-order valence-electron chi connectivity index (χ3n) is 2.25. The van der Waals surface area contributed by atoms with E-state index in [9.17, 15) is 0 Å². The van der Waals surface area contributed by atoms with Crippen LogP contribution in [0.25, 0.3) is 0 Å². The molecule has 80 valence electrons. The lowest BCUT2D eigenvalue weighted by atomic mass is 10.2. The quantitative estimate of drug-likeness (QED) is 0.667. The molecular weight excluding hydrogens is 176 g/mol. The molecule has 0 fully saturated rings. The van der Waals surface area contributed by atoms with Gasteiger partial charge in [-0.3, -0.25) is 4.68 Å². The van der Waals surface area contributed by atoms with Crippen LogP contribution in [0.3, 0.4) is 0 Å². The van der Waals surface area contributed by atoms with Gasteiger partial charge in [0.25, 0.3) is 0 Å². The summed E-state index contributed by atoms with van der Waals surface area (Å²) in [6.45, 7) is 7.31. The van der Waals surface area contributed by atoms with Crippen molar-refractivity contribution in [3.05, 3.63) is 12.2 Å². The van der Waals surface area contributed by atoms with Gasteiger partial charge < -0.3 is 5.32 Å². The Kier molecular flexibility index (Phi) is 5.22. The maximum Gasteiger partial charge on any atom is 0.138 e. The van der Waals surface area contributed by atoms with Crippen molar-refractivity contribution in [3.63, 3.8) is 0 Å². The fourth-order valence-electron chi connectivity index (χ4n) is 1.46. The van der Waals surface area contributed by atoms with Crippen LogP contribution < -0.4 is 5.32 Å². The number of nitrogens with one attached hydrogen (secondary N) is 1. The second-order valence-electron chi connectivity index (χ2n) is 3.30. The Morgan fingerprint density at radius 1 is 1.36 bits per heavy atom. The molecule has 0 aliphatic rings. The molecule has 0 saturated heterocycles. The van der Waals surface area contributed by atoms with Gasteiger partial charge in [0, 0.05) is 13.0 Å². The Morgan fingerprint density at radius 3 is 2.93 bits per heavy atom. The zero-order valence-corrected chi connectivity index (χ0v) is 9.16. The highest BCUT2D eigenvalue weighted by atomic mass is 15.3. The second-order valence-corrected chi connectivity index (χ2v) is 3.30. The fraction of sp³-hybridized carbons (Fsp3) is 0.800. The zero-order chi connectivity index (χ0) is 10.2. The minimum absolute atomic E-state index is 0.919. The van der Waals surface area contributed by atoms with Crippen molar-refractivity contribution < 1.29 is 0 Å². The number of hydrogen-bond acceptors (Lipinski definition) is 3. The summed E-state index contributed by atoms with van der Waals surface area (Å²) in [5, 5.41) is 7.45. The van der Waals surface area contributed by atoms with Crippen LogP contribution in [0.1, 0.15) is 32.5 Å². The van der Waals surface area contributed by atoms with Gasteiger partial charge in [-0.05, 0) is 32.9 Å². The minimum Gasteiger partial charge on any atom is -0.317 e. The lowest BCUT2D eigenvalue weighted by Crippen LogP contribution is -2.14. The van der Waals surface area contributed by atoms with E-state index in [0.717, 1.165) is 31.9 Å². The highest BCUT2D eigenvalue weighted by Gasteiger charge is 2.00. The van der Waals surface area contributed by atoms with Crippen molar-refractivity contribution in [2.75, 3.05) is 13.1 Å². The van der Waals surface area contributed by atoms with Crippen molar-refractivity contribution in [3.8, 4) is 0 Å². The van der Waals surface area contributed by atoms with E-state index in [2.05, 4.69) is 29.2 Å². The summed E-state index contributed by atoms with van der Waals surface area (Å²) in [4.78, 5) is 4.24. The molecule has 0 atom stereocenters. The first-order chi connectivity index (χ1) is 6.88. The summed E-state index contributed by atoms with van der Waals surface area (Å²) in [7, 11) is 0. The largest absolute Gasteiger partial charge is 0.317 e. The average Bonchev–Trinajstić information content (AvgIpc) is 2.65. The number of aryl methyl sites for hydroxylation is 2. The Labute approximate surface area is 85.7 Å². The summed E-state index contributed by atoms with van der Waals surface area (Å²) in [6.07, 6.45) is 5.08. The van der Waals surface area contributed by atoms with Crippen molar-refractivity contribution >= 4 is 0 Å². The first kappa shape index (κ1) is 11.2. The van der Waals surface area contributed by atoms with Crippen LogP contribution in [-0.2, 0) is 13.0 Å². The molecule has 0 radical (unpaired) electrons. The van der Waals surface area contributed by atoms with Crippen LogP contribution in [-0.4, -0.2) is 27.9 Å². The SMILES string of the molecule is CCNCCCCc1ncnn1CC. The van der Waals surface area contributed by atoms with Crippen molar-refractivity contribution in [2.45, 2.75) is 39.7 Å². The molecule has 0 unspecified atom stereocenters. The van der Waals surface area contributed by atoms with Crippen LogP contribution in [0, 0.1) is 0 Å². The number of unbranched alkanes of at least 4 members (excludes halogenated alkanes) is 1. The second kappa shape index (κ2) is 6.54. The standard InChI is InChI=1S/C10H20N4/c1-3-11-8-6-5-7-10-12-9-13-14(10)4-2/h9,11H,3-8H2,1-2H3. The van der Waals surface area contributed by atoms with Gasteiger partial charge in [0.1, 0.15) is 12.2 Å². The molecule has 0 spiro atoms. The number of hydrogen-bond donors (Lipinski definition) is 1. The monoisotopic (exact) mass is 196 g/mol. The predicted molar refractivity (Wildman–Crippen MR) is 57.2 cm³/mol. The summed E-state index contributed by atoms with van der Waals surface area (Å²) >= 11 is 0. The molecule has 1 rings (SSSR count). The van der Waals surface area contributed by atoms with Gasteiger partial charge in [0.05, 0.1) is 0 Å². The minimum atomic E-state index is 0.919. The molecule has 0 aromatic carbocycles. The average molecular weight is 196 g/mol. The molecule has 14 heavy (non-hydrogen) atoms. The molecule has 1 aromatic heterocycles. The maximum atomic E-state index is 4.24. The van der Waals surface area contributed by atoms with Gasteiger partial charge in [-0.2, -0.15) is 5.10 Å². The molecule has 1 aromatic rings. The van der Waals surface area contributed by atoms with E-state index in [-0.39, 0.29) is 0 Å². The van der Waals surface area contributed by atoms with E-state index in [1.807, 2.05) is 4.68 Å². The van der Waals surface area contributed by atoms with Gasteiger partial charge in [-0.25, -0.2) is 4.98 Å². The Morgan fingerprint density at radius 2 is 2.21 bits per heavy atom. The number of rotatable bonds is 7. The van der Waals surface area contributed by atoms with Gasteiger partial charge >= 0.3 is 0 Å². The topological polar surface area (TPSA) is 42.7 Å². The Balaban J connectivity index is 2.17. The molecule has 1 N–H and O–H groups in total. The third-order valence-corrected chi connectivity index (χ3v) is 2.25. The Hall–Kier alpha value is -0.900. The maximum absolute atomic E-state index is 4.24. The molecule has 4 nitrogen and oxygen atoms in total. The first-order valence-electron chi connectivity index (χ1n) is 5.45. The molecule has 0 bridgehead atoms. The third kappa shape index (κ3) is 3.46. The van der Waals surface area contributed by atoms with Crippen molar-refractivity contribution in [2.24, 2.45) is 0 Å². The molecular formula is C10H20N4. The van der Waals surface area contributed by atoms with Gasteiger partial charge in [-0.15, -0.1) is 0 Å². The first-order valence-corrected chi connectivity index (χ1v) is 5.45. The summed E-state index contributed by atoms with van der Waals surface area (Å²) in [5.41, 5.74) is 0. The molecule has 0 aliphatic heterocycles. The van der Waals surface area contributed by atoms with E-state index in [1.165, 1.54) is 12.8 Å². The Bertz CT molecular complexity index is 244. The van der Waals surface area contributed by atoms with Gasteiger partial charge in [0.2, 0.25) is 0 Å². The number of aromatic nitrogens is 3. The highest BCUT2D eigenvalue weighted by molar-refractivity contribution is 4.84. The number of nitrogens with zero attached hydrogens (tertiary/aromatic N) is 3. The summed E-state index contributed by atoms with van der Waals surface area (Å²) in [6, 6.07) is 0. The van der Waals surface area contributed by atoms with Crippen LogP contribution in [0.2, 0.25) is 0 Å². The van der Waals surface area contributed by atoms with Crippen molar-refractivity contribution in [1.82, 2.24) is 20.1 Å². The van der Waals surface area contributed by atoms with E-state index < -0.39 is 0 Å². The molecule has 1 heterocycles. The molecule has 0 saturated carbocycles. The highest BCUT2D eigenvalue weighted by Crippen LogP contribution is 2.00.